The molecular weight excluding hydrogens is 272 g/mol. The van der Waals surface area contributed by atoms with E-state index in [-0.39, 0.29) is 24.4 Å². The molecular formula is C16H34O5. The van der Waals surface area contributed by atoms with Crippen LogP contribution in [0.1, 0.15) is 41.0 Å². The van der Waals surface area contributed by atoms with Crippen molar-refractivity contribution in [3.05, 3.63) is 0 Å². The van der Waals surface area contributed by atoms with Gasteiger partial charge in [-0.25, -0.2) is 0 Å². The van der Waals surface area contributed by atoms with Crippen LogP contribution in [-0.2, 0) is 23.7 Å². The number of methoxy groups -OCH3 is 1. The van der Waals surface area contributed by atoms with Gasteiger partial charge in [0.05, 0.1) is 50.8 Å². The molecule has 4 atom stereocenters. The van der Waals surface area contributed by atoms with Gasteiger partial charge in [0.1, 0.15) is 0 Å². The molecule has 0 bridgehead atoms. The topological polar surface area (TPSA) is 46.2 Å². The summed E-state index contributed by atoms with van der Waals surface area (Å²) in [5.74, 6) is 0. The minimum atomic E-state index is 0.0455. The average Bonchev–Trinajstić information content (AvgIpc) is 2.46. The number of hydrogen-bond donors (Lipinski definition) is 0. The molecule has 0 aromatic carbocycles. The lowest BCUT2D eigenvalue weighted by Crippen LogP contribution is -2.28. The maximum atomic E-state index is 5.71. The Morgan fingerprint density at radius 3 is 1.38 bits per heavy atom. The molecule has 4 unspecified atom stereocenters. The summed E-state index contributed by atoms with van der Waals surface area (Å²) >= 11 is 0. The highest BCUT2D eigenvalue weighted by Crippen LogP contribution is 2.02. The highest BCUT2D eigenvalue weighted by atomic mass is 16.6. The van der Waals surface area contributed by atoms with Crippen molar-refractivity contribution in [3.63, 3.8) is 0 Å². The van der Waals surface area contributed by atoms with Gasteiger partial charge in [0.25, 0.3) is 0 Å². The average molecular weight is 306 g/mol. The molecule has 0 amide bonds. The fourth-order valence-electron chi connectivity index (χ4n) is 1.65. The summed E-state index contributed by atoms with van der Waals surface area (Å²) < 4.78 is 27.6. The van der Waals surface area contributed by atoms with Gasteiger partial charge >= 0.3 is 0 Å². The number of hydrogen-bond acceptors (Lipinski definition) is 5. The van der Waals surface area contributed by atoms with E-state index in [0.29, 0.717) is 26.4 Å². The molecule has 128 valence electrons. The Hall–Kier alpha value is -0.200. The second-order valence-corrected chi connectivity index (χ2v) is 5.57. The Balaban J connectivity index is 3.60. The van der Waals surface area contributed by atoms with Crippen LogP contribution in [0.15, 0.2) is 0 Å². The first kappa shape index (κ1) is 20.8. The summed E-state index contributed by atoms with van der Waals surface area (Å²) in [4.78, 5) is 0. The van der Waals surface area contributed by atoms with Crippen LogP contribution in [0.2, 0.25) is 0 Å². The van der Waals surface area contributed by atoms with Crippen molar-refractivity contribution in [1.29, 1.82) is 0 Å². The normalized spacial score (nSPS) is 17.4. The van der Waals surface area contributed by atoms with Gasteiger partial charge in [0.15, 0.2) is 0 Å². The molecule has 5 nitrogen and oxygen atoms in total. The smallest absolute Gasteiger partial charge is 0.0781 e. The van der Waals surface area contributed by atoms with Gasteiger partial charge in [-0.05, 0) is 34.1 Å². The second-order valence-electron chi connectivity index (χ2n) is 5.57. The third-order valence-corrected chi connectivity index (χ3v) is 2.85. The number of rotatable bonds is 14. The van der Waals surface area contributed by atoms with E-state index in [1.807, 2.05) is 27.7 Å². The lowest BCUT2D eigenvalue weighted by atomic mass is 10.3. The van der Waals surface area contributed by atoms with Crippen molar-refractivity contribution < 1.29 is 23.7 Å². The SMILES string of the molecule is CCCOC(C)COC(C)COC(C)COC(C)COC. The van der Waals surface area contributed by atoms with Crippen LogP contribution in [-0.4, -0.2) is 64.6 Å². The van der Waals surface area contributed by atoms with E-state index >= 15 is 0 Å². The van der Waals surface area contributed by atoms with Gasteiger partial charge in [-0.3, -0.25) is 0 Å². The zero-order chi connectivity index (χ0) is 16.1. The fourth-order valence-corrected chi connectivity index (χ4v) is 1.65. The van der Waals surface area contributed by atoms with E-state index < -0.39 is 0 Å². The molecule has 0 aromatic rings. The van der Waals surface area contributed by atoms with E-state index in [4.69, 9.17) is 23.7 Å². The summed E-state index contributed by atoms with van der Waals surface area (Å²) in [6.45, 7) is 13.2. The summed E-state index contributed by atoms with van der Waals surface area (Å²) in [6.07, 6.45) is 1.34. The van der Waals surface area contributed by atoms with E-state index in [9.17, 15) is 0 Å². The maximum absolute atomic E-state index is 5.71. The van der Waals surface area contributed by atoms with Gasteiger partial charge in [0, 0.05) is 13.7 Å². The van der Waals surface area contributed by atoms with Crippen LogP contribution >= 0.6 is 0 Å². The Morgan fingerprint density at radius 1 is 0.619 bits per heavy atom. The summed E-state index contributed by atoms with van der Waals surface area (Å²) in [6, 6.07) is 0. The molecule has 5 heteroatoms. The molecule has 0 aromatic heterocycles. The molecule has 0 heterocycles. The van der Waals surface area contributed by atoms with Gasteiger partial charge < -0.3 is 23.7 Å². The largest absolute Gasteiger partial charge is 0.382 e. The van der Waals surface area contributed by atoms with Crippen LogP contribution in [0.3, 0.4) is 0 Å². The summed E-state index contributed by atoms with van der Waals surface area (Å²) in [5.41, 5.74) is 0. The molecule has 0 saturated heterocycles. The van der Waals surface area contributed by atoms with Gasteiger partial charge in [0.2, 0.25) is 0 Å². The fraction of sp³-hybridized carbons (Fsp3) is 1.00. The van der Waals surface area contributed by atoms with E-state index in [1.54, 1.807) is 7.11 Å². The summed E-state index contributed by atoms with van der Waals surface area (Å²) in [5, 5.41) is 0. The van der Waals surface area contributed by atoms with Crippen molar-refractivity contribution in [2.75, 3.05) is 40.1 Å². The third kappa shape index (κ3) is 13.2. The molecule has 0 radical (unpaired) electrons. The first-order valence-electron chi connectivity index (χ1n) is 7.94. The molecule has 0 rings (SSSR count). The molecule has 0 saturated carbocycles. The Labute approximate surface area is 130 Å². The molecule has 0 N–H and O–H groups in total. The van der Waals surface area contributed by atoms with Crippen LogP contribution in [0, 0.1) is 0 Å². The van der Waals surface area contributed by atoms with E-state index in [1.165, 1.54) is 0 Å². The summed E-state index contributed by atoms with van der Waals surface area (Å²) in [7, 11) is 1.67. The highest BCUT2D eigenvalue weighted by molar-refractivity contribution is 4.56. The molecule has 0 aliphatic rings. The quantitative estimate of drug-likeness (QED) is 0.494. The first-order chi connectivity index (χ1) is 9.99. The van der Waals surface area contributed by atoms with Crippen molar-refractivity contribution in [2.45, 2.75) is 65.5 Å². The predicted octanol–water partition coefficient (Wildman–Crippen LogP) is 2.66. The van der Waals surface area contributed by atoms with Crippen LogP contribution in [0.5, 0.6) is 0 Å². The van der Waals surface area contributed by atoms with Gasteiger partial charge in [-0.15, -0.1) is 0 Å². The third-order valence-electron chi connectivity index (χ3n) is 2.85. The highest BCUT2D eigenvalue weighted by Gasteiger charge is 2.11. The lowest BCUT2D eigenvalue weighted by molar-refractivity contribution is -0.0903. The van der Waals surface area contributed by atoms with Crippen molar-refractivity contribution in [1.82, 2.24) is 0 Å². The zero-order valence-corrected chi connectivity index (χ0v) is 14.6. The molecule has 0 fully saturated rings. The Kier molecular flexibility index (Phi) is 13.3. The van der Waals surface area contributed by atoms with E-state index in [2.05, 4.69) is 6.92 Å². The van der Waals surface area contributed by atoms with Crippen LogP contribution in [0.4, 0.5) is 0 Å². The maximum Gasteiger partial charge on any atom is 0.0781 e. The van der Waals surface area contributed by atoms with Crippen molar-refractivity contribution in [2.24, 2.45) is 0 Å². The molecule has 21 heavy (non-hydrogen) atoms. The van der Waals surface area contributed by atoms with Crippen LogP contribution in [0.25, 0.3) is 0 Å². The first-order valence-corrected chi connectivity index (χ1v) is 7.94. The minimum absolute atomic E-state index is 0.0455. The van der Waals surface area contributed by atoms with Crippen molar-refractivity contribution >= 4 is 0 Å². The molecule has 0 aliphatic carbocycles. The van der Waals surface area contributed by atoms with E-state index in [0.717, 1.165) is 13.0 Å². The predicted molar refractivity (Wildman–Crippen MR) is 83.8 cm³/mol. The zero-order valence-electron chi connectivity index (χ0n) is 14.6. The van der Waals surface area contributed by atoms with Crippen LogP contribution < -0.4 is 0 Å². The van der Waals surface area contributed by atoms with Gasteiger partial charge in [-0.2, -0.15) is 0 Å². The molecule has 0 aliphatic heterocycles. The van der Waals surface area contributed by atoms with Crippen molar-refractivity contribution in [3.8, 4) is 0 Å². The lowest BCUT2D eigenvalue weighted by Gasteiger charge is -2.21. The minimum Gasteiger partial charge on any atom is -0.382 e. The monoisotopic (exact) mass is 306 g/mol. The molecule has 0 spiro atoms. The number of ether oxygens (including phenoxy) is 5. The van der Waals surface area contributed by atoms with Gasteiger partial charge in [-0.1, -0.05) is 6.92 Å². The Morgan fingerprint density at radius 2 is 1.00 bits per heavy atom. The second kappa shape index (κ2) is 13.5. The standard InChI is InChI=1S/C16H34O5/c1-7-8-18-14(3)10-20-16(5)12-21-15(4)11-19-13(2)9-17-6/h13-16H,7-12H2,1-6H3. The Bertz CT molecular complexity index is 225.